The summed E-state index contributed by atoms with van der Waals surface area (Å²) in [4.78, 5) is 8.47. The molecule has 2 heterocycles. The molecule has 3 aromatic rings. The number of aliphatic hydroxyl groups is 1. The lowest BCUT2D eigenvalue weighted by molar-refractivity contribution is -0.0277. The summed E-state index contributed by atoms with van der Waals surface area (Å²) in [6.07, 6.45) is 3.06. The molecular weight excluding hydrogens is 350 g/mol. The van der Waals surface area contributed by atoms with Crippen LogP contribution in [0.1, 0.15) is 75.7 Å². The molecule has 1 atom stereocenters. The molecule has 1 aliphatic rings. The second-order valence-corrected chi connectivity index (χ2v) is 9.19. The number of hydrogen-bond acceptors (Lipinski definition) is 4. The van der Waals surface area contributed by atoms with Crippen molar-refractivity contribution < 1.29 is 9.63 Å². The number of rotatable bonds is 6. The first-order valence-electron chi connectivity index (χ1n) is 10.4. The van der Waals surface area contributed by atoms with Crippen molar-refractivity contribution in [1.29, 1.82) is 0 Å². The zero-order chi connectivity index (χ0) is 20.2. The molecule has 28 heavy (non-hydrogen) atoms. The minimum absolute atomic E-state index is 0.0686. The van der Waals surface area contributed by atoms with Crippen molar-refractivity contribution in [2.45, 2.75) is 72.3 Å². The second kappa shape index (κ2) is 6.73. The van der Waals surface area contributed by atoms with Crippen molar-refractivity contribution >= 4 is 11.0 Å². The molecule has 1 fully saturated rings. The Morgan fingerprint density at radius 1 is 1.21 bits per heavy atom. The van der Waals surface area contributed by atoms with Crippen LogP contribution in [0.15, 0.2) is 16.7 Å². The molecule has 1 saturated carbocycles. The standard InChI is InChI=1S/C23H31N3O2/c1-12(2)11-23(27,13(3)4)18-9-17(20-14(5)26-28-15(20)6)10-19-21(18)25-22(24-19)16-7-8-16/h9-10,12-13,16,27H,7-8,11H2,1-6H3,(H,24,25). The van der Waals surface area contributed by atoms with Crippen LogP contribution in [0, 0.1) is 25.7 Å². The van der Waals surface area contributed by atoms with Gasteiger partial charge in [0.25, 0.3) is 0 Å². The van der Waals surface area contributed by atoms with Crippen LogP contribution >= 0.6 is 0 Å². The number of imidazole rings is 1. The molecule has 5 heteroatoms. The van der Waals surface area contributed by atoms with E-state index in [2.05, 4.69) is 50.0 Å². The van der Waals surface area contributed by atoms with Gasteiger partial charge in [-0.25, -0.2) is 4.98 Å². The summed E-state index contributed by atoms with van der Waals surface area (Å²) in [7, 11) is 0. The first kappa shape index (κ1) is 19.2. The van der Waals surface area contributed by atoms with Crippen molar-refractivity contribution in [2.24, 2.45) is 11.8 Å². The van der Waals surface area contributed by atoms with E-state index in [1.165, 1.54) is 12.8 Å². The van der Waals surface area contributed by atoms with Gasteiger partial charge >= 0.3 is 0 Å². The number of hydrogen-bond donors (Lipinski definition) is 2. The Morgan fingerprint density at radius 3 is 2.46 bits per heavy atom. The summed E-state index contributed by atoms with van der Waals surface area (Å²) in [6.45, 7) is 12.4. The van der Waals surface area contributed by atoms with E-state index in [9.17, 15) is 5.11 Å². The number of fused-ring (bicyclic) bond motifs is 1. The topological polar surface area (TPSA) is 74.9 Å². The summed E-state index contributed by atoms with van der Waals surface area (Å²) < 4.78 is 5.41. The molecule has 4 rings (SSSR count). The Labute approximate surface area is 166 Å². The molecular formula is C23H31N3O2. The fourth-order valence-electron chi connectivity index (χ4n) is 4.34. The van der Waals surface area contributed by atoms with Crippen LogP contribution in [0.3, 0.4) is 0 Å². The number of nitrogens with zero attached hydrogens (tertiary/aromatic N) is 2. The lowest BCUT2D eigenvalue weighted by atomic mass is 9.76. The maximum atomic E-state index is 11.9. The molecule has 2 aromatic heterocycles. The van der Waals surface area contributed by atoms with Crippen molar-refractivity contribution in [3.8, 4) is 11.1 Å². The fraction of sp³-hybridized carbons (Fsp3) is 0.565. The fourth-order valence-corrected chi connectivity index (χ4v) is 4.34. The highest BCUT2D eigenvalue weighted by atomic mass is 16.5. The lowest BCUT2D eigenvalue weighted by Crippen LogP contribution is -2.34. The van der Waals surface area contributed by atoms with E-state index in [1.807, 2.05) is 13.8 Å². The first-order valence-corrected chi connectivity index (χ1v) is 10.4. The lowest BCUT2D eigenvalue weighted by Gasteiger charge is -2.35. The van der Waals surface area contributed by atoms with E-state index in [4.69, 9.17) is 9.51 Å². The smallest absolute Gasteiger partial charge is 0.141 e. The maximum absolute atomic E-state index is 11.9. The SMILES string of the molecule is Cc1noc(C)c1-c1cc(C(O)(CC(C)C)C(C)C)c2nc(C3CC3)[nH]c2c1. The van der Waals surface area contributed by atoms with Gasteiger partial charge in [-0.2, -0.15) is 0 Å². The van der Waals surface area contributed by atoms with Gasteiger partial charge in [-0.3, -0.25) is 0 Å². The number of aryl methyl sites for hydroxylation is 2. The summed E-state index contributed by atoms with van der Waals surface area (Å²) in [6, 6.07) is 4.23. The van der Waals surface area contributed by atoms with Crippen LogP contribution in [-0.4, -0.2) is 20.2 Å². The molecule has 0 aliphatic heterocycles. The van der Waals surface area contributed by atoms with E-state index < -0.39 is 5.60 Å². The third-order valence-corrected chi connectivity index (χ3v) is 6.03. The van der Waals surface area contributed by atoms with Crippen molar-refractivity contribution in [2.75, 3.05) is 0 Å². The zero-order valence-electron chi connectivity index (χ0n) is 17.8. The third-order valence-electron chi connectivity index (χ3n) is 6.03. The van der Waals surface area contributed by atoms with Crippen LogP contribution in [0.25, 0.3) is 22.2 Å². The molecule has 2 N–H and O–H groups in total. The molecule has 0 saturated heterocycles. The summed E-state index contributed by atoms with van der Waals surface area (Å²) in [5, 5.41) is 16.0. The number of nitrogens with one attached hydrogen (secondary N) is 1. The molecule has 0 radical (unpaired) electrons. The molecule has 1 aromatic carbocycles. The maximum Gasteiger partial charge on any atom is 0.141 e. The van der Waals surface area contributed by atoms with Crippen molar-refractivity contribution in [3.05, 3.63) is 35.0 Å². The van der Waals surface area contributed by atoms with Gasteiger partial charge in [-0.15, -0.1) is 0 Å². The second-order valence-electron chi connectivity index (χ2n) is 9.19. The molecule has 0 amide bonds. The summed E-state index contributed by atoms with van der Waals surface area (Å²) in [5.41, 5.74) is 4.73. The van der Waals surface area contributed by atoms with Gasteiger partial charge in [0.05, 0.1) is 22.3 Å². The van der Waals surface area contributed by atoms with Gasteiger partial charge in [0.1, 0.15) is 11.6 Å². The number of aromatic amines is 1. The molecule has 0 spiro atoms. The minimum atomic E-state index is -0.947. The normalized spacial score (nSPS) is 17.0. The predicted molar refractivity (Wildman–Crippen MR) is 111 cm³/mol. The van der Waals surface area contributed by atoms with Crippen LogP contribution in [0.4, 0.5) is 0 Å². The Hall–Kier alpha value is -2.14. The summed E-state index contributed by atoms with van der Waals surface area (Å²) >= 11 is 0. The minimum Gasteiger partial charge on any atom is -0.385 e. The number of benzene rings is 1. The van der Waals surface area contributed by atoms with E-state index in [0.29, 0.717) is 18.3 Å². The molecule has 0 bridgehead atoms. The summed E-state index contributed by atoms with van der Waals surface area (Å²) in [5.74, 6) is 2.80. The van der Waals surface area contributed by atoms with Gasteiger partial charge in [-0.1, -0.05) is 32.9 Å². The Kier molecular flexibility index (Phi) is 4.61. The van der Waals surface area contributed by atoms with Gasteiger partial charge < -0.3 is 14.6 Å². The number of aromatic nitrogens is 3. The van der Waals surface area contributed by atoms with Crippen LogP contribution in [0.5, 0.6) is 0 Å². The Balaban J connectivity index is 1.99. The largest absolute Gasteiger partial charge is 0.385 e. The van der Waals surface area contributed by atoms with Gasteiger partial charge in [0, 0.05) is 17.0 Å². The van der Waals surface area contributed by atoms with Crippen LogP contribution in [-0.2, 0) is 5.60 Å². The first-order chi connectivity index (χ1) is 13.2. The molecule has 1 aliphatic carbocycles. The average molecular weight is 382 g/mol. The monoisotopic (exact) mass is 381 g/mol. The molecule has 1 unspecified atom stereocenters. The average Bonchev–Trinajstić information content (AvgIpc) is 3.29. The Morgan fingerprint density at radius 2 is 1.93 bits per heavy atom. The molecule has 150 valence electrons. The van der Waals surface area contributed by atoms with Crippen molar-refractivity contribution in [1.82, 2.24) is 15.1 Å². The van der Waals surface area contributed by atoms with Gasteiger partial charge in [0.15, 0.2) is 0 Å². The number of H-pyrrole nitrogens is 1. The van der Waals surface area contributed by atoms with E-state index in [1.54, 1.807) is 0 Å². The van der Waals surface area contributed by atoms with E-state index in [-0.39, 0.29) is 5.92 Å². The highest BCUT2D eigenvalue weighted by Gasteiger charge is 2.37. The predicted octanol–water partition coefficient (Wildman–Crippen LogP) is 5.60. The van der Waals surface area contributed by atoms with Crippen LogP contribution < -0.4 is 0 Å². The molecule has 5 nitrogen and oxygen atoms in total. The van der Waals surface area contributed by atoms with Crippen LogP contribution in [0.2, 0.25) is 0 Å². The Bertz CT molecular complexity index is 991. The van der Waals surface area contributed by atoms with Gasteiger partial charge in [-0.05, 0) is 62.6 Å². The quantitative estimate of drug-likeness (QED) is 0.582. The van der Waals surface area contributed by atoms with E-state index in [0.717, 1.165) is 45.0 Å². The highest BCUT2D eigenvalue weighted by molar-refractivity contribution is 5.87. The van der Waals surface area contributed by atoms with Gasteiger partial charge in [0.2, 0.25) is 0 Å². The van der Waals surface area contributed by atoms with E-state index >= 15 is 0 Å². The van der Waals surface area contributed by atoms with Crippen molar-refractivity contribution in [3.63, 3.8) is 0 Å². The zero-order valence-corrected chi connectivity index (χ0v) is 17.8. The highest BCUT2D eigenvalue weighted by Crippen LogP contribution is 2.44. The third kappa shape index (κ3) is 3.16.